The summed E-state index contributed by atoms with van der Waals surface area (Å²) < 4.78 is 4.69. The van der Waals surface area contributed by atoms with Crippen molar-refractivity contribution in [2.45, 2.75) is 26.7 Å². The number of ether oxygens (including phenoxy) is 1. The Labute approximate surface area is 120 Å². The monoisotopic (exact) mass is 268 g/mol. The van der Waals surface area contributed by atoms with E-state index in [0.717, 1.165) is 12.8 Å². The molecule has 0 aliphatic rings. The molecule has 2 aromatic carbocycles. The van der Waals surface area contributed by atoms with E-state index in [2.05, 4.69) is 32.0 Å². The zero-order valence-corrected chi connectivity index (χ0v) is 12.3. The minimum Gasteiger partial charge on any atom is -0.465 e. The molecule has 0 atom stereocenters. The molecule has 104 valence electrons. The van der Waals surface area contributed by atoms with E-state index >= 15 is 0 Å². The summed E-state index contributed by atoms with van der Waals surface area (Å²) in [6.45, 7) is 4.27. The predicted molar refractivity (Wildman–Crippen MR) is 81.1 cm³/mol. The molecule has 0 amide bonds. The van der Waals surface area contributed by atoms with Crippen molar-refractivity contribution in [3.63, 3.8) is 0 Å². The lowest BCUT2D eigenvalue weighted by atomic mass is 10.00. The van der Waals surface area contributed by atoms with Crippen LogP contribution in [0, 0.1) is 13.8 Å². The number of carbonyl (C=O) groups excluding carboxylic acids is 1. The van der Waals surface area contributed by atoms with Crippen LogP contribution in [0.4, 0.5) is 0 Å². The van der Waals surface area contributed by atoms with Crippen molar-refractivity contribution >= 4 is 5.97 Å². The third kappa shape index (κ3) is 3.47. The maximum absolute atomic E-state index is 11.4. The zero-order chi connectivity index (χ0) is 14.5. The number of carbonyl (C=O) groups is 1. The molecule has 2 aromatic rings. The topological polar surface area (TPSA) is 26.3 Å². The third-order valence-electron chi connectivity index (χ3n) is 3.65. The Bertz CT molecular complexity index is 597. The molecular weight excluding hydrogens is 248 g/mol. The van der Waals surface area contributed by atoms with Crippen LogP contribution in [0.25, 0.3) is 0 Å². The second-order valence-electron chi connectivity index (χ2n) is 5.11. The van der Waals surface area contributed by atoms with Crippen LogP contribution in [-0.2, 0) is 17.6 Å². The summed E-state index contributed by atoms with van der Waals surface area (Å²) in [5, 5.41) is 0. The third-order valence-corrected chi connectivity index (χ3v) is 3.65. The molecule has 20 heavy (non-hydrogen) atoms. The normalized spacial score (nSPS) is 10.3. The van der Waals surface area contributed by atoms with Gasteiger partial charge >= 0.3 is 5.97 Å². The van der Waals surface area contributed by atoms with Gasteiger partial charge in [0.15, 0.2) is 0 Å². The number of methoxy groups -OCH3 is 1. The quantitative estimate of drug-likeness (QED) is 0.787. The SMILES string of the molecule is COC(=O)c1ccc(CCc2ccc(C)c(C)c2)cc1. The van der Waals surface area contributed by atoms with Gasteiger partial charge in [-0.3, -0.25) is 0 Å². The highest BCUT2D eigenvalue weighted by molar-refractivity contribution is 5.89. The number of benzene rings is 2. The standard InChI is InChI=1S/C18H20O2/c1-13-4-5-16(12-14(13)2)7-6-15-8-10-17(11-9-15)18(19)20-3/h4-5,8-12H,6-7H2,1-3H3. The smallest absolute Gasteiger partial charge is 0.337 e. The van der Waals surface area contributed by atoms with Gasteiger partial charge in [0, 0.05) is 0 Å². The summed E-state index contributed by atoms with van der Waals surface area (Å²) in [4.78, 5) is 11.4. The van der Waals surface area contributed by atoms with E-state index in [1.54, 1.807) is 0 Å². The predicted octanol–water partition coefficient (Wildman–Crippen LogP) is 3.88. The molecule has 0 aromatic heterocycles. The van der Waals surface area contributed by atoms with Crippen LogP contribution in [0.3, 0.4) is 0 Å². The zero-order valence-electron chi connectivity index (χ0n) is 12.3. The molecular formula is C18H20O2. The van der Waals surface area contributed by atoms with Gasteiger partial charge in [0.2, 0.25) is 0 Å². The van der Waals surface area contributed by atoms with Crippen LogP contribution in [0.15, 0.2) is 42.5 Å². The molecule has 0 heterocycles. The van der Waals surface area contributed by atoms with Crippen LogP contribution in [-0.4, -0.2) is 13.1 Å². The summed E-state index contributed by atoms with van der Waals surface area (Å²) in [6.07, 6.45) is 1.99. The second kappa shape index (κ2) is 6.38. The molecule has 0 N–H and O–H groups in total. The summed E-state index contributed by atoms with van der Waals surface area (Å²) in [6, 6.07) is 14.2. The van der Waals surface area contributed by atoms with Crippen molar-refractivity contribution in [1.29, 1.82) is 0 Å². The largest absolute Gasteiger partial charge is 0.465 e. The fourth-order valence-electron chi connectivity index (χ4n) is 2.17. The number of esters is 1. The Morgan fingerprint density at radius 3 is 2.10 bits per heavy atom. The van der Waals surface area contributed by atoms with Crippen LogP contribution >= 0.6 is 0 Å². The van der Waals surface area contributed by atoms with Crippen molar-refractivity contribution in [2.75, 3.05) is 7.11 Å². The Hall–Kier alpha value is -2.09. The van der Waals surface area contributed by atoms with Crippen molar-refractivity contribution in [3.8, 4) is 0 Å². The first-order valence-corrected chi connectivity index (χ1v) is 6.83. The average Bonchev–Trinajstić information content (AvgIpc) is 2.48. The van der Waals surface area contributed by atoms with Gasteiger partial charge in [-0.05, 0) is 61.1 Å². The number of hydrogen-bond acceptors (Lipinski definition) is 2. The molecule has 2 heteroatoms. The average molecular weight is 268 g/mol. The van der Waals surface area contributed by atoms with E-state index in [9.17, 15) is 4.79 Å². The molecule has 2 nitrogen and oxygen atoms in total. The molecule has 0 bridgehead atoms. The molecule has 0 spiro atoms. The fourth-order valence-corrected chi connectivity index (χ4v) is 2.17. The van der Waals surface area contributed by atoms with Crippen molar-refractivity contribution in [3.05, 3.63) is 70.3 Å². The summed E-state index contributed by atoms with van der Waals surface area (Å²) in [7, 11) is 1.40. The van der Waals surface area contributed by atoms with E-state index in [1.807, 2.05) is 24.3 Å². The van der Waals surface area contributed by atoms with Gasteiger partial charge < -0.3 is 4.74 Å². The van der Waals surface area contributed by atoms with Crippen LogP contribution < -0.4 is 0 Å². The van der Waals surface area contributed by atoms with Gasteiger partial charge in [-0.2, -0.15) is 0 Å². The van der Waals surface area contributed by atoms with E-state index in [1.165, 1.54) is 29.4 Å². The van der Waals surface area contributed by atoms with Gasteiger partial charge in [0.1, 0.15) is 0 Å². The minimum atomic E-state index is -0.286. The Morgan fingerprint density at radius 1 is 0.900 bits per heavy atom. The molecule has 0 radical (unpaired) electrons. The lowest BCUT2D eigenvalue weighted by Gasteiger charge is -2.06. The van der Waals surface area contributed by atoms with Gasteiger partial charge in [-0.25, -0.2) is 4.79 Å². The molecule has 0 saturated heterocycles. The maximum Gasteiger partial charge on any atom is 0.337 e. The maximum atomic E-state index is 11.4. The van der Waals surface area contributed by atoms with E-state index in [-0.39, 0.29) is 5.97 Å². The first-order chi connectivity index (χ1) is 9.60. The van der Waals surface area contributed by atoms with E-state index in [4.69, 9.17) is 4.74 Å². The molecule has 0 unspecified atom stereocenters. The summed E-state index contributed by atoms with van der Waals surface area (Å²) >= 11 is 0. The van der Waals surface area contributed by atoms with Crippen LogP contribution in [0.2, 0.25) is 0 Å². The summed E-state index contributed by atoms with van der Waals surface area (Å²) in [5.41, 5.74) is 5.85. The second-order valence-corrected chi connectivity index (χ2v) is 5.11. The lowest BCUT2D eigenvalue weighted by molar-refractivity contribution is 0.0600. The Morgan fingerprint density at radius 2 is 1.50 bits per heavy atom. The van der Waals surface area contributed by atoms with E-state index < -0.39 is 0 Å². The van der Waals surface area contributed by atoms with Gasteiger partial charge in [0.25, 0.3) is 0 Å². The van der Waals surface area contributed by atoms with Crippen LogP contribution in [0.1, 0.15) is 32.6 Å². The van der Waals surface area contributed by atoms with Crippen molar-refractivity contribution in [2.24, 2.45) is 0 Å². The van der Waals surface area contributed by atoms with Gasteiger partial charge in [0.05, 0.1) is 12.7 Å². The van der Waals surface area contributed by atoms with Crippen molar-refractivity contribution in [1.82, 2.24) is 0 Å². The Kier molecular flexibility index (Phi) is 4.57. The van der Waals surface area contributed by atoms with Crippen LogP contribution in [0.5, 0.6) is 0 Å². The van der Waals surface area contributed by atoms with Gasteiger partial charge in [-0.1, -0.05) is 30.3 Å². The highest BCUT2D eigenvalue weighted by Crippen LogP contribution is 2.13. The minimum absolute atomic E-state index is 0.286. The molecule has 0 aliphatic heterocycles. The molecule has 2 rings (SSSR count). The number of aryl methyl sites for hydroxylation is 4. The Balaban J connectivity index is 2.00. The van der Waals surface area contributed by atoms with E-state index in [0.29, 0.717) is 5.56 Å². The first kappa shape index (κ1) is 14.3. The first-order valence-electron chi connectivity index (χ1n) is 6.83. The number of rotatable bonds is 4. The highest BCUT2D eigenvalue weighted by Gasteiger charge is 2.04. The molecule has 0 fully saturated rings. The molecule has 0 aliphatic carbocycles. The number of hydrogen-bond donors (Lipinski definition) is 0. The van der Waals surface area contributed by atoms with Crippen molar-refractivity contribution < 1.29 is 9.53 Å². The fraction of sp³-hybridized carbons (Fsp3) is 0.278. The lowest BCUT2D eigenvalue weighted by Crippen LogP contribution is -2.01. The highest BCUT2D eigenvalue weighted by atomic mass is 16.5. The molecule has 0 saturated carbocycles. The van der Waals surface area contributed by atoms with Gasteiger partial charge in [-0.15, -0.1) is 0 Å². The summed E-state index contributed by atoms with van der Waals surface area (Å²) in [5.74, 6) is -0.286.